The normalized spacial score (nSPS) is 54.5. The molecule has 2 nitrogen and oxygen atoms in total. The molecule has 0 saturated heterocycles. The molecule has 4 rings (SSSR count). The second-order valence-electron chi connectivity index (χ2n) is 8.74. The van der Waals surface area contributed by atoms with Crippen molar-refractivity contribution in [3.63, 3.8) is 0 Å². The summed E-state index contributed by atoms with van der Waals surface area (Å²) in [5.41, 5.74) is 0.458. The van der Waals surface area contributed by atoms with Gasteiger partial charge in [0.15, 0.2) is 0 Å². The second kappa shape index (κ2) is 4.74. The summed E-state index contributed by atoms with van der Waals surface area (Å²) in [6.45, 7) is 4.58. The summed E-state index contributed by atoms with van der Waals surface area (Å²) in [5.74, 6) is 4.53. The Morgan fingerprint density at radius 2 is 1.91 bits per heavy atom. The molecule has 23 heavy (non-hydrogen) atoms. The van der Waals surface area contributed by atoms with E-state index in [2.05, 4.69) is 31.9 Å². The fourth-order valence-corrected chi connectivity index (χ4v) is 6.57. The van der Waals surface area contributed by atoms with Gasteiger partial charge in [0.05, 0.1) is 6.10 Å². The molecule has 0 bridgehead atoms. The number of hydrogen-bond donors (Lipinski definition) is 2. The summed E-state index contributed by atoms with van der Waals surface area (Å²) in [4.78, 5) is 0. The van der Waals surface area contributed by atoms with Gasteiger partial charge in [-0.05, 0) is 56.3 Å². The average Bonchev–Trinajstić information content (AvgIpc) is 2.80. The van der Waals surface area contributed by atoms with Gasteiger partial charge in [-0.2, -0.15) is 0 Å². The highest BCUT2D eigenvalue weighted by molar-refractivity contribution is 5.34. The Hall–Kier alpha value is -1.04. The lowest BCUT2D eigenvalue weighted by atomic mass is 9.47. The molecule has 4 aliphatic carbocycles. The van der Waals surface area contributed by atoms with Crippen LogP contribution in [0.2, 0.25) is 0 Å². The van der Waals surface area contributed by atoms with Gasteiger partial charge < -0.3 is 10.2 Å². The van der Waals surface area contributed by atoms with E-state index in [1.54, 1.807) is 0 Å². The molecule has 2 heteroatoms. The predicted octanol–water partition coefficient (Wildman–Crippen LogP) is 3.45. The third-order valence-electron chi connectivity index (χ3n) is 8.05. The summed E-state index contributed by atoms with van der Waals surface area (Å²) in [6.07, 6.45) is 17.8. The number of hydrogen-bond acceptors (Lipinski definition) is 2. The Morgan fingerprint density at radius 3 is 2.65 bits per heavy atom. The maximum absolute atomic E-state index is 11.0. The summed E-state index contributed by atoms with van der Waals surface area (Å²) < 4.78 is 0. The highest BCUT2D eigenvalue weighted by Crippen LogP contribution is 2.66. The standard InChI is InChI=1S/C21H28O2/c1-4-21(23)12-9-18-16-6-5-14-13-15(22)7-10-19(14,2)17(16)8-11-20(18,21)3/h1,7,10,13,15-18,22-23H,5-6,8-9,11-12H2,2-3H3. The first-order valence-corrected chi connectivity index (χ1v) is 9.13. The van der Waals surface area contributed by atoms with Crippen LogP contribution >= 0.6 is 0 Å². The Kier molecular flexibility index (Phi) is 3.19. The van der Waals surface area contributed by atoms with E-state index in [-0.39, 0.29) is 10.8 Å². The topological polar surface area (TPSA) is 40.5 Å². The molecule has 0 heterocycles. The van der Waals surface area contributed by atoms with Crippen molar-refractivity contribution in [2.24, 2.45) is 28.6 Å². The van der Waals surface area contributed by atoms with Gasteiger partial charge in [0.25, 0.3) is 0 Å². The van der Waals surface area contributed by atoms with Gasteiger partial charge in [0, 0.05) is 10.8 Å². The minimum atomic E-state index is -0.918. The molecule has 3 fully saturated rings. The van der Waals surface area contributed by atoms with Crippen LogP contribution in [0.4, 0.5) is 0 Å². The van der Waals surface area contributed by atoms with Crippen molar-refractivity contribution in [3.8, 4) is 12.3 Å². The molecule has 0 aromatic rings. The molecule has 0 radical (unpaired) electrons. The molecule has 0 amide bonds. The second-order valence-corrected chi connectivity index (χ2v) is 8.74. The van der Waals surface area contributed by atoms with Crippen molar-refractivity contribution in [3.05, 3.63) is 23.8 Å². The van der Waals surface area contributed by atoms with Crippen LogP contribution in [-0.4, -0.2) is 21.9 Å². The van der Waals surface area contributed by atoms with E-state index in [1.165, 1.54) is 12.0 Å². The third-order valence-corrected chi connectivity index (χ3v) is 8.05. The van der Waals surface area contributed by atoms with Crippen LogP contribution in [0.5, 0.6) is 0 Å². The van der Waals surface area contributed by atoms with Crippen molar-refractivity contribution >= 4 is 0 Å². The lowest BCUT2D eigenvalue weighted by Gasteiger charge is -2.57. The summed E-state index contributed by atoms with van der Waals surface area (Å²) >= 11 is 0. The van der Waals surface area contributed by atoms with E-state index in [4.69, 9.17) is 6.42 Å². The first-order chi connectivity index (χ1) is 10.8. The van der Waals surface area contributed by atoms with Gasteiger partial charge in [-0.25, -0.2) is 0 Å². The molecule has 4 aliphatic rings. The number of fused-ring (bicyclic) bond motifs is 5. The van der Waals surface area contributed by atoms with E-state index >= 15 is 0 Å². The smallest absolute Gasteiger partial charge is 0.130 e. The van der Waals surface area contributed by atoms with Crippen molar-refractivity contribution < 1.29 is 10.2 Å². The van der Waals surface area contributed by atoms with Crippen LogP contribution < -0.4 is 0 Å². The van der Waals surface area contributed by atoms with Gasteiger partial charge >= 0.3 is 0 Å². The lowest BCUT2D eigenvalue weighted by Crippen LogP contribution is -2.54. The molecule has 3 saturated carbocycles. The van der Waals surface area contributed by atoms with Crippen LogP contribution in [0.1, 0.15) is 52.4 Å². The van der Waals surface area contributed by atoms with E-state index in [0.29, 0.717) is 17.8 Å². The molecule has 0 aromatic carbocycles. The van der Waals surface area contributed by atoms with Crippen LogP contribution in [0.3, 0.4) is 0 Å². The molecule has 0 aliphatic heterocycles. The number of aliphatic hydroxyl groups excluding tert-OH is 1. The van der Waals surface area contributed by atoms with Gasteiger partial charge in [-0.15, -0.1) is 6.42 Å². The van der Waals surface area contributed by atoms with Crippen molar-refractivity contribution in [2.45, 2.75) is 64.1 Å². The molecule has 0 aromatic heterocycles. The third kappa shape index (κ3) is 1.84. The first-order valence-electron chi connectivity index (χ1n) is 9.13. The zero-order chi connectivity index (χ0) is 16.5. The largest absolute Gasteiger partial charge is 0.385 e. The molecular formula is C21H28O2. The zero-order valence-electron chi connectivity index (χ0n) is 14.3. The summed E-state index contributed by atoms with van der Waals surface area (Å²) in [6, 6.07) is 0. The molecular weight excluding hydrogens is 284 g/mol. The van der Waals surface area contributed by atoms with Crippen molar-refractivity contribution in [1.82, 2.24) is 0 Å². The van der Waals surface area contributed by atoms with Crippen molar-refractivity contribution in [1.29, 1.82) is 0 Å². The monoisotopic (exact) mass is 312 g/mol. The van der Waals surface area contributed by atoms with Crippen LogP contribution in [0.15, 0.2) is 23.8 Å². The first kappa shape index (κ1) is 15.5. The van der Waals surface area contributed by atoms with Gasteiger partial charge in [-0.3, -0.25) is 0 Å². The zero-order valence-corrected chi connectivity index (χ0v) is 14.3. The van der Waals surface area contributed by atoms with Gasteiger partial charge in [0.2, 0.25) is 0 Å². The Balaban J connectivity index is 1.70. The average molecular weight is 312 g/mol. The van der Waals surface area contributed by atoms with Crippen LogP contribution in [0, 0.1) is 40.9 Å². The maximum Gasteiger partial charge on any atom is 0.130 e. The van der Waals surface area contributed by atoms with E-state index in [0.717, 1.165) is 32.1 Å². The van der Waals surface area contributed by atoms with Crippen LogP contribution in [-0.2, 0) is 0 Å². The van der Waals surface area contributed by atoms with Crippen molar-refractivity contribution in [2.75, 3.05) is 0 Å². The Labute approximate surface area is 139 Å². The number of terminal acetylenes is 1. The highest BCUT2D eigenvalue weighted by Gasteiger charge is 2.63. The number of allylic oxidation sites excluding steroid dienone is 2. The summed E-state index contributed by atoms with van der Waals surface area (Å²) in [5, 5.41) is 20.9. The van der Waals surface area contributed by atoms with Gasteiger partial charge in [0.1, 0.15) is 5.60 Å². The number of rotatable bonds is 0. The van der Waals surface area contributed by atoms with E-state index < -0.39 is 11.7 Å². The minimum Gasteiger partial charge on any atom is -0.385 e. The Bertz CT molecular complexity index is 626. The van der Waals surface area contributed by atoms with E-state index in [9.17, 15) is 10.2 Å². The lowest BCUT2D eigenvalue weighted by molar-refractivity contribution is -0.0917. The van der Waals surface area contributed by atoms with Gasteiger partial charge in [-0.1, -0.05) is 43.6 Å². The minimum absolute atomic E-state index is 0.0837. The predicted molar refractivity (Wildman–Crippen MR) is 91.4 cm³/mol. The Morgan fingerprint density at radius 1 is 1.17 bits per heavy atom. The summed E-state index contributed by atoms with van der Waals surface area (Å²) in [7, 11) is 0. The quantitative estimate of drug-likeness (QED) is 0.531. The molecule has 2 N–H and O–H groups in total. The fraction of sp³-hybridized carbons (Fsp3) is 0.714. The molecule has 124 valence electrons. The molecule has 7 atom stereocenters. The number of aliphatic hydroxyl groups is 2. The van der Waals surface area contributed by atoms with E-state index in [1.807, 2.05) is 6.08 Å². The molecule has 0 spiro atoms. The van der Waals surface area contributed by atoms with Crippen LogP contribution in [0.25, 0.3) is 0 Å². The fourth-order valence-electron chi connectivity index (χ4n) is 6.57. The maximum atomic E-state index is 11.0. The molecule has 7 unspecified atom stereocenters. The SMILES string of the molecule is C#CC1(O)CCC2C3CCC4=CC(O)C=CC4(C)C3CCC21C. The highest BCUT2D eigenvalue weighted by atomic mass is 16.3.